The second kappa shape index (κ2) is 4.95. The van der Waals surface area contributed by atoms with E-state index in [9.17, 15) is 4.79 Å². The van der Waals surface area contributed by atoms with Crippen LogP contribution < -0.4 is 0 Å². The van der Waals surface area contributed by atoms with Crippen LogP contribution in [-0.4, -0.2) is 5.24 Å². The first-order valence-electron chi connectivity index (χ1n) is 5.10. The molecule has 0 amide bonds. The molecule has 0 radical (unpaired) electrons. The van der Waals surface area contributed by atoms with Gasteiger partial charge in [-0.1, -0.05) is 60.7 Å². The Morgan fingerprint density at radius 1 is 0.812 bits per heavy atom. The highest BCUT2D eigenvalue weighted by molar-refractivity contribution is 5.78. The van der Waals surface area contributed by atoms with E-state index in [1.807, 2.05) is 60.7 Å². The molecule has 2 aromatic rings. The molecule has 0 heterocycles. The van der Waals surface area contributed by atoms with Gasteiger partial charge in [0.1, 0.15) is 5.92 Å². The monoisotopic (exact) mass is 231 g/mol. The molecule has 0 spiro atoms. The molecule has 0 saturated heterocycles. The molecular formula is C14H12ClO+. The third-order valence-electron chi connectivity index (χ3n) is 2.50. The second-order valence-corrected chi connectivity index (χ2v) is 3.98. The van der Waals surface area contributed by atoms with Crippen LogP contribution >= 0.6 is 0 Å². The van der Waals surface area contributed by atoms with Crippen molar-refractivity contribution in [1.82, 2.24) is 0 Å². The van der Waals surface area contributed by atoms with Gasteiger partial charge in [0, 0.05) is 0 Å². The van der Waals surface area contributed by atoms with Crippen molar-refractivity contribution in [1.29, 1.82) is 0 Å². The quantitative estimate of drug-likeness (QED) is 0.743. The third kappa shape index (κ3) is 2.31. The number of rotatable bonds is 3. The summed E-state index contributed by atoms with van der Waals surface area (Å²) in [5, 5.41) is -0.239. The Balaban J connectivity index is 2.44. The number of benzene rings is 2. The zero-order valence-electron chi connectivity index (χ0n) is 8.67. The lowest BCUT2D eigenvalue weighted by Gasteiger charge is -2.09. The number of carbonyl (C=O) groups is 1. The first-order valence-corrected chi connectivity index (χ1v) is 5.50. The van der Waals surface area contributed by atoms with Gasteiger partial charge in [0.25, 0.3) is 0 Å². The Bertz CT molecular complexity index is 425. The summed E-state index contributed by atoms with van der Waals surface area (Å²) in [6.07, 6.45) is 0. The summed E-state index contributed by atoms with van der Waals surface area (Å²) >= 11 is 4.83. The average Bonchev–Trinajstić information content (AvgIpc) is 2.31. The molecule has 0 unspecified atom stereocenters. The van der Waals surface area contributed by atoms with Crippen molar-refractivity contribution < 1.29 is 16.4 Å². The molecule has 0 aliphatic heterocycles. The van der Waals surface area contributed by atoms with Gasteiger partial charge in [-0.2, -0.15) is 0 Å². The van der Waals surface area contributed by atoms with Crippen molar-refractivity contribution in [2.45, 2.75) is 5.92 Å². The second-order valence-electron chi connectivity index (χ2n) is 3.57. The predicted octanol–water partition coefficient (Wildman–Crippen LogP) is 2.63. The zero-order chi connectivity index (χ0) is 11.4. The molecular weight excluding hydrogens is 220 g/mol. The van der Waals surface area contributed by atoms with Crippen LogP contribution in [0.1, 0.15) is 17.0 Å². The Morgan fingerprint density at radius 3 is 1.50 bits per heavy atom. The van der Waals surface area contributed by atoms with E-state index in [2.05, 4.69) is 0 Å². The summed E-state index contributed by atoms with van der Waals surface area (Å²) in [5.74, 6) is -0.322. The third-order valence-corrected chi connectivity index (χ3v) is 2.74. The number of halogens is 1. The minimum absolute atomic E-state index is 0.239. The van der Waals surface area contributed by atoms with Gasteiger partial charge in [0.2, 0.25) is 0 Å². The van der Waals surface area contributed by atoms with E-state index in [1.54, 1.807) is 0 Å². The largest absolute Gasteiger partial charge is 0.411 e. The van der Waals surface area contributed by atoms with Crippen molar-refractivity contribution >= 4 is 5.24 Å². The maximum absolute atomic E-state index is 11.6. The molecule has 0 N–H and O–H groups in total. The van der Waals surface area contributed by atoms with Crippen LogP contribution in [-0.2, 0) is 4.79 Å². The minimum Gasteiger partial charge on any atom is -0.224 e. The average molecular weight is 232 g/mol. The normalized spacial score (nSPS) is 10.4. The van der Waals surface area contributed by atoms with Gasteiger partial charge in [0.05, 0.1) is 0 Å². The molecule has 0 atom stereocenters. The van der Waals surface area contributed by atoms with Crippen LogP contribution in [0.4, 0.5) is 0 Å². The first kappa shape index (κ1) is 10.9. The fourth-order valence-electron chi connectivity index (χ4n) is 1.76. The van der Waals surface area contributed by atoms with Gasteiger partial charge in [-0.3, -0.25) is 0 Å². The SMILES string of the molecule is O=C([ClH+])C(c1ccccc1)c1ccccc1. The van der Waals surface area contributed by atoms with Crippen LogP contribution in [0.25, 0.3) is 0 Å². The minimum atomic E-state index is -0.322. The van der Waals surface area contributed by atoms with Crippen molar-refractivity contribution in [2.24, 2.45) is 0 Å². The van der Waals surface area contributed by atoms with Gasteiger partial charge in [-0.25, -0.2) is 4.79 Å². The Kier molecular flexibility index (Phi) is 3.37. The summed E-state index contributed by atoms with van der Waals surface area (Å²) in [6, 6.07) is 19.3. The molecule has 0 bridgehead atoms. The summed E-state index contributed by atoms with van der Waals surface area (Å²) in [4.78, 5) is 11.6. The van der Waals surface area contributed by atoms with Crippen molar-refractivity contribution in [3.8, 4) is 0 Å². The van der Waals surface area contributed by atoms with E-state index >= 15 is 0 Å². The molecule has 0 saturated carbocycles. The molecule has 0 aliphatic carbocycles. The Labute approximate surface area is 99.7 Å². The molecule has 2 aromatic carbocycles. The zero-order valence-corrected chi connectivity index (χ0v) is 9.48. The summed E-state index contributed by atoms with van der Waals surface area (Å²) in [6.45, 7) is 0. The van der Waals surface area contributed by atoms with E-state index in [-0.39, 0.29) is 11.2 Å². The Morgan fingerprint density at radius 2 is 1.19 bits per heavy atom. The van der Waals surface area contributed by atoms with Crippen molar-refractivity contribution in [3.63, 3.8) is 0 Å². The van der Waals surface area contributed by atoms with E-state index in [0.717, 1.165) is 11.1 Å². The molecule has 1 nitrogen and oxygen atoms in total. The van der Waals surface area contributed by atoms with Crippen LogP contribution in [0.2, 0.25) is 0 Å². The van der Waals surface area contributed by atoms with Crippen LogP contribution in [0.15, 0.2) is 60.7 Å². The van der Waals surface area contributed by atoms with E-state index in [1.165, 1.54) is 0 Å². The van der Waals surface area contributed by atoms with E-state index in [4.69, 9.17) is 11.6 Å². The van der Waals surface area contributed by atoms with Crippen LogP contribution in [0, 0.1) is 11.6 Å². The van der Waals surface area contributed by atoms with E-state index in [0.29, 0.717) is 0 Å². The molecule has 0 fully saturated rings. The fourth-order valence-corrected chi connectivity index (χ4v) is 2.03. The number of carbonyl (C=O) groups excluding carboxylic acids is 1. The molecule has 80 valence electrons. The molecule has 0 aromatic heterocycles. The predicted molar refractivity (Wildman–Crippen MR) is 61.1 cm³/mol. The molecule has 16 heavy (non-hydrogen) atoms. The molecule has 2 rings (SSSR count). The highest BCUT2D eigenvalue weighted by Gasteiger charge is 2.26. The summed E-state index contributed by atoms with van der Waals surface area (Å²) in [5.41, 5.74) is 1.91. The lowest BCUT2D eigenvalue weighted by atomic mass is 9.93. The first-order chi connectivity index (χ1) is 7.79. The van der Waals surface area contributed by atoms with Crippen LogP contribution in [0.5, 0.6) is 0 Å². The summed E-state index contributed by atoms with van der Waals surface area (Å²) < 4.78 is 0. The lowest BCUT2D eigenvalue weighted by molar-refractivity contribution is -0.306. The standard InChI is InChI=1S/C14H12ClO/c15-14(16)13(11-7-3-1-4-8-11)12-9-5-2-6-10-12/h1-10,13,15H/q+1. The van der Waals surface area contributed by atoms with Crippen LogP contribution in [0.3, 0.4) is 0 Å². The van der Waals surface area contributed by atoms with Gasteiger partial charge in [0.15, 0.2) is 11.6 Å². The van der Waals surface area contributed by atoms with Gasteiger partial charge in [-0.15, -0.1) is 0 Å². The summed E-state index contributed by atoms with van der Waals surface area (Å²) in [7, 11) is 0. The maximum atomic E-state index is 11.6. The highest BCUT2D eigenvalue weighted by Crippen LogP contribution is 2.24. The Hall–Kier alpha value is -1.60. The number of hydrogen-bond acceptors (Lipinski definition) is 1. The molecule has 0 aliphatic rings. The molecule has 2 heteroatoms. The van der Waals surface area contributed by atoms with Gasteiger partial charge < -0.3 is 0 Å². The van der Waals surface area contributed by atoms with Gasteiger partial charge in [-0.05, 0) is 11.1 Å². The lowest BCUT2D eigenvalue weighted by Crippen LogP contribution is -2.10. The maximum Gasteiger partial charge on any atom is 0.411 e. The van der Waals surface area contributed by atoms with Gasteiger partial charge >= 0.3 is 5.24 Å². The highest BCUT2D eigenvalue weighted by atomic mass is 35.5. The van der Waals surface area contributed by atoms with Crippen molar-refractivity contribution in [3.05, 3.63) is 71.8 Å². The fraction of sp³-hybridized carbons (Fsp3) is 0.0714. The van der Waals surface area contributed by atoms with Crippen molar-refractivity contribution in [2.75, 3.05) is 0 Å². The topological polar surface area (TPSA) is 17.1 Å². The van der Waals surface area contributed by atoms with E-state index < -0.39 is 0 Å². The number of hydrogen-bond donors (Lipinski definition) is 0. The smallest absolute Gasteiger partial charge is 0.224 e.